The second-order valence-electron chi connectivity index (χ2n) is 3.26. The van der Waals surface area contributed by atoms with E-state index in [1.807, 2.05) is 6.07 Å². The Hall–Kier alpha value is -2.56. The van der Waals surface area contributed by atoms with E-state index in [1.165, 1.54) is 12.3 Å². The zero-order valence-corrected chi connectivity index (χ0v) is 8.85. The predicted molar refractivity (Wildman–Crippen MR) is 64.6 cm³/mol. The van der Waals surface area contributed by atoms with E-state index in [4.69, 9.17) is 0 Å². The summed E-state index contributed by atoms with van der Waals surface area (Å²) in [6, 6.07) is 11.7. The number of nitro groups is 1. The molecule has 1 aromatic carbocycles. The Kier molecular flexibility index (Phi) is 3.20. The maximum Gasteiger partial charge on any atom is 0.294 e. The van der Waals surface area contributed by atoms with Crippen LogP contribution < -0.4 is 0 Å². The zero-order chi connectivity index (χ0) is 12.1. The van der Waals surface area contributed by atoms with Crippen LogP contribution in [0.4, 0.5) is 11.4 Å². The number of para-hydroxylation sites is 2. The highest BCUT2D eigenvalue weighted by Crippen LogP contribution is 2.25. The van der Waals surface area contributed by atoms with Gasteiger partial charge in [-0.05, 0) is 18.2 Å². The van der Waals surface area contributed by atoms with Crippen LogP contribution in [-0.4, -0.2) is 16.1 Å². The predicted octanol–water partition coefficient (Wildman–Crippen LogP) is 2.74. The molecule has 0 atom stereocenters. The number of hydrogen-bond acceptors (Lipinski definition) is 4. The van der Waals surface area contributed by atoms with Gasteiger partial charge in [0.05, 0.1) is 16.8 Å². The monoisotopic (exact) mass is 227 g/mol. The number of aromatic nitrogens is 1. The van der Waals surface area contributed by atoms with Gasteiger partial charge in [0.15, 0.2) is 0 Å². The Morgan fingerprint density at radius 2 is 1.94 bits per heavy atom. The van der Waals surface area contributed by atoms with Crippen molar-refractivity contribution in [3.63, 3.8) is 0 Å². The maximum absolute atomic E-state index is 10.7. The molecular formula is C12H9N3O2. The van der Waals surface area contributed by atoms with Gasteiger partial charge in [-0.3, -0.25) is 15.1 Å². The highest BCUT2D eigenvalue weighted by molar-refractivity contribution is 5.80. The summed E-state index contributed by atoms with van der Waals surface area (Å²) in [4.78, 5) is 18.4. The Morgan fingerprint density at radius 3 is 2.65 bits per heavy atom. The second-order valence-corrected chi connectivity index (χ2v) is 3.26. The average molecular weight is 227 g/mol. The molecule has 0 saturated heterocycles. The van der Waals surface area contributed by atoms with E-state index in [9.17, 15) is 10.1 Å². The largest absolute Gasteiger partial charge is 0.294 e. The fraction of sp³-hybridized carbons (Fsp3) is 0. The summed E-state index contributed by atoms with van der Waals surface area (Å²) in [5, 5.41) is 10.7. The van der Waals surface area contributed by atoms with Crippen molar-refractivity contribution in [2.24, 2.45) is 4.99 Å². The van der Waals surface area contributed by atoms with Gasteiger partial charge in [0.1, 0.15) is 5.69 Å². The maximum atomic E-state index is 10.7. The van der Waals surface area contributed by atoms with Crippen LogP contribution >= 0.6 is 0 Å². The van der Waals surface area contributed by atoms with Gasteiger partial charge >= 0.3 is 0 Å². The first-order valence-electron chi connectivity index (χ1n) is 4.96. The summed E-state index contributed by atoms with van der Waals surface area (Å²) >= 11 is 0. The minimum atomic E-state index is -0.453. The number of nitrogens with zero attached hydrogens (tertiary/aromatic N) is 3. The van der Waals surface area contributed by atoms with Crippen molar-refractivity contribution >= 4 is 17.6 Å². The molecule has 0 aliphatic rings. The molecule has 0 fully saturated rings. The van der Waals surface area contributed by atoms with Crippen LogP contribution in [0.1, 0.15) is 5.69 Å². The van der Waals surface area contributed by atoms with Crippen molar-refractivity contribution < 1.29 is 4.92 Å². The molecule has 5 heteroatoms. The first kappa shape index (κ1) is 10.9. The van der Waals surface area contributed by atoms with Crippen molar-refractivity contribution in [1.82, 2.24) is 4.98 Å². The molecule has 0 aliphatic carbocycles. The minimum absolute atomic E-state index is 0.0142. The molecule has 0 radical (unpaired) electrons. The van der Waals surface area contributed by atoms with Gasteiger partial charge in [-0.25, -0.2) is 4.99 Å². The molecule has 0 unspecified atom stereocenters. The quantitative estimate of drug-likeness (QED) is 0.460. The number of rotatable bonds is 3. The van der Waals surface area contributed by atoms with Gasteiger partial charge < -0.3 is 0 Å². The van der Waals surface area contributed by atoms with Crippen LogP contribution in [0.15, 0.2) is 53.7 Å². The van der Waals surface area contributed by atoms with Gasteiger partial charge in [-0.2, -0.15) is 0 Å². The highest BCUT2D eigenvalue weighted by Gasteiger charge is 2.10. The number of aliphatic imine (C=N–C) groups is 1. The van der Waals surface area contributed by atoms with E-state index in [-0.39, 0.29) is 5.69 Å². The third kappa shape index (κ3) is 2.72. The van der Waals surface area contributed by atoms with Crippen LogP contribution in [0, 0.1) is 10.1 Å². The molecule has 5 nitrogen and oxygen atoms in total. The summed E-state index contributed by atoms with van der Waals surface area (Å²) in [5.41, 5.74) is 0.966. The topological polar surface area (TPSA) is 68.4 Å². The van der Waals surface area contributed by atoms with Crippen molar-refractivity contribution in [3.8, 4) is 0 Å². The smallest absolute Gasteiger partial charge is 0.258 e. The van der Waals surface area contributed by atoms with E-state index in [0.717, 1.165) is 0 Å². The number of pyridine rings is 1. The van der Waals surface area contributed by atoms with Crippen LogP contribution in [0.2, 0.25) is 0 Å². The normalized spacial score (nSPS) is 10.6. The van der Waals surface area contributed by atoms with E-state index in [2.05, 4.69) is 9.98 Å². The summed E-state index contributed by atoms with van der Waals surface area (Å²) in [6.45, 7) is 0. The molecule has 17 heavy (non-hydrogen) atoms. The molecule has 84 valence electrons. The standard InChI is InChI=1S/C12H9N3O2/c16-15(17)12-7-2-1-6-11(12)14-9-10-5-3-4-8-13-10/h1-9H. The van der Waals surface area contributed by atoms with Crippen molar-refractivity contribution in [1.29, 1.82) is 0 Å². The minimum Gasteiger partial charge on any atom is -0.258 e. The average Bonchev–Trinajstić information content (AvgIpc) is 2.38. The number of hydrogen-bond donors (Lipinski definition) is 0. The fourth-order valence-corrected chi connectivity index (χ4v) is 1.32. The molecule has 2 aromatic rings. The lowest BCUT2D eigenvalue weighted by molar-refractivity contribution is -0.384. The lowest BCUT2D eigenvalue weighted by Crippen LogP contribution is -1.89. The van der Waals surface area contributed by atoms with Crippen LogP contribution in [0.3, 0.4) is 0 Å². The first-order valence-corrected chi connectivity index (χ1v) is 4.96. The molecule has 1 aromatic heterocycles. The number of nitro benzene ring substituents is 1. The molecule has 0 amide bonds. The lowest BCUT2D eigenvalue weighted by atomic mass is 10.3. The summed E-state index contributed by atoms with van der Waals surface area (Å²) in [6.07, 6.45) is 3.14. The Morgan fingerprint density at radius 1 is 1.18 bits per heavy atom. The Bertz CT molecular complexity index is 553. The molecule has 1 heterocycles. The van der Waals surface area contributed by atoms with E-state index < -0.39 is 4.92 Å². The third-order valence-corrected chi connectivity index (χ3v) is 2.10. The SMILES string of the molecule is O=[N+]([O-])c1ccccc1N=Cc1ccccn1. The zero-order valence-electron chi connectivity index (χ0n) is 8.85. The fourth-order valence-electron chi connectivity index (χ4n) is 1.32. The van der Waals surface area contributed by atoms with Crippen LogP contribution in [0.25, 0.3) is 0 Å². The molecule has 0 N–H and O–H groups in total. The molecular weight excluding hydrogens is 218 g/mol. The number of benzene rings is 1. The second kappa shape index (κ2) is 4.98. The molecule has 0 spiro atoms. The lowest BCUT2D eigenvalue weighted by Gasteiger charge is -1.95. The van der Waals surface area contributed by atoms with Crippen molar-refractivity contribution in [2.45, 2.75) is 0 Å². The molecule has 0 aliphatic heterocycles. The summed E-state index contributed by atoms with van der Waals surface area (Å²) in [7, 11) is 0. The van der Waals surface area contributed by atoms with Gasteiger partial charge in [-0.15, -0.1) is 0 Å². The van der Waals surface area contributed by atoms with Gasteiger partial charge in [-0.1, -0.05) is 18.2 Å². The molecule has 2 rings (SSSR count). The summed E-state index contributed by atoms with van der Waals surface area (Å²) in [5.74, 6) is 0. The van der Waals surface area contributed by atoms with Gasteiger partial charge in [0, 0.05) is 12.3 Å². The van der Waals surface area contributed by atoms with E-state index in [0.29, 0.717) is 11.4 Å². The Labute approximate surface area is 97.6 Å². The summed E-state index contributed by atoms with van der Waals surface area (Å²) < 4.78 is 0. The third-order valence-electron chi connectivity index (χ3n) is 2.10. The highest BCUT2D eigenvalue weighted by atomic mass is 16.6. The molecule has 0 bridgehead atoms. The van der Waals surface area contributed by atoms with Crippen molar-refractivity contribution in [2.75, 3.05) is 0 Å². The van der Waals surface area contributed by atoms with E-state index in [1.54, 1.807) is 36.5 Å². The van der Waals surface area contributed by atoms with E-state index >= 15 is 0 Å². The Balaban J connectivity index is 2.30. The first-order chi connectivity index (χ1) is 8.27. The molecule has 0 saturated carbocycles. The van der Waals surface area contributed by atoms with Crippen LogP contribution in [-0.2, 0) is 0 Å². The van der Waals surface area contributed by atoms with Crippen molar-refractivity contribution in [3.05, 3.63) is 64.5 Å². The van der Waals surface area contributed by atoms with Gasteiger partial charge in [0.25, 0.3) is 5.69 Å². The van der Waals surface area contributed by atoms with Crippen LogP contribution in [0.5, 0.6) is 0 Å². The van der Waals surface area contributed by atoms with Gasteiger partial charge in [0.2, 0.25) is 0 Å².